The fourth-order valence-electron chi connectivity index (χ4n) is 2.71. The average Bonchev–Trinajstić information content (AvgIpc) is 2.47. The summed E-state index contributed by atoms with van der Waals surface area (Å²) < 4.78 is 15.7. The zero-order valence-electron chi connectivity index (χ0n) is 12.1. The van der Waals surface area contributed by atoms with Gasteiger partial charge in [-0.15, -0.1) is 0 Å². The minimum Gasteiger partial charge on any atom is -0.281 e. The SMILES string of the molecule is CCCc1cc2cccc(F)c2c(=O)n1-c1cccc(Cl)c1. The molecule has 22 heavy (non-hydrogen) atoms. The van der Waals surface area contributed by atoms with Gasteiger partial charge in [0.05, 0.1) is 11.1 Å². The molecule has 112 valence electrons. The summed E-state index contributed by atoms with van der Waals surface area (Å²) in [5, 5.41) is 1.29. The maximum absolute atomic E-state index is 14.1. The van der Waals surface area contributed by atoms with E-state index in [0.717, 1.165) is 18.5 Å². The van der Waals surface area contributed by atoms with Crippen LogP contribution in [0.5, 0.6) is 0 Å². The number of aryl methyl sites for hydroxylation is 1. The Labute approximate surface area is 132 Å². The number of nitrogens with zero attached hydrogens (tertiary/aromatic N) is 1. The molecule has 0 atom stereocenters. The summed E-state index contributed by atoms with van der Waals surface area (Å²) in [6.45, 7) is 2.04. The molecule has 0 fully saturated rings. The number of halogens is 2. The van der Waals surface area contributed by atoms with Gasteiger partial charge in [0.25, 0.3) is 5.56 Å². The molecule has 0 aliphatic rings. The van der Waals surface area contributed by atoms with E-state index in [-0.39, 0.29) is 10.9 Å². The summed E-state index contributed by atoms with van der Waals surface area (Å²) in [6.07, 6.45) is 1.62. The highest BCUT2D eigenvalue weighted by atomic mass is 35.5. The van der Waals surface area contributed by atoms with E-state index >= 15 is 0 Å². The highest BCUT2D eigenvalue weighted by Gasteiger charge is 2.13. The molecule has 1 aromatic heterocycles. The van der Waals surface area contributed by atoms with E-state index in [9.17, 15) is 9.18 Å². The van der Waals surface area contributed by atoms with Crippen molar-refractivity contribution in [1.82, 2.24) is 4.57 Å². The molecule has 3 aromatic rings. The predicted molar refractivity (Wildman–Crippen MR) is 88.5 cm³/mol. The molecule has 0 amide bonds. The lowest BCUT2D eigenvalue weighted by Gasteiger charge is -2.14. The molecule has 0 unspecified atom stereocenters. The Bertz CT molecular complexity index is 901. The van der Waals surface area contributed by atoms with Crippen LogP contribution < -0.4 is 5.56 Å². The van der Waals surface area contributed by atoms with Gasteiger partial charge in [-0.1, -0.05) is 43.1 Å². The first kappa shape index (κ1) is 14.8. The van der Waals surface area contributed by atoms with Crippen LogP contribution in [0.15, 0.2) is 53.3 Å². The summed E-state index contributed by atoms with van der Waals surface area (Å²) in [5.74, 6) is -0.499. The molecule has 0 aliphatic heterocycles. The monoisotopic (exact) mass is 315 g/mol. The molecule has 0 N–H and O–H groups in total. The first-order valence-electron chi connectivity index (χ1n) is 7.21. The van der Waals surface area contributed by atoms with Gasteiger partial charge in [0.2, 0.25) is 0 Å². The highest BCUT2D eigenvalue weighted by molar-refractivity contribution is 6.30. The second-order valence-corrected chi connectivity index (χ2v) is 5.65. The van der Waals surface area contributed by atoms with Gasteiger partial charge in [-0.3, -0.25) is 9.36 Å². The lowest BCUT2D eigenvalue weighted by Crippen LogP contribution is -2.23. The number of hydrogen-bond donors (Lipinski definition) is 0. The van der Waals surface area contributed by atoms with Crippen LogP contribution in [-0.4, -0.2) is 4.57 Å². The van der Waals surface area contributed by atoms with Crippen molar-refractivity contribution in [2.24, 2.45) is 0 Å². The molecule has 4 heteroatoms. The van der Waals surface area contributed by atoms with Crippen molar-refractivity contribution in [3.63, 3.8) is 0 Å². The van der Waals surface area contributed by atoms with Crippen LogP contribution in [0.2, 0.25) is 5.02 Å². The third-order valence-corrected chi connectivity index (χ3v) is 3.88. The van der Waals surface area contributed by atoms with Gasteiger partial charge < -0.3 is 0 Å². The number of hydrogen-bond acceptors (Lipinski definition) is 1. The summed E-state index contributed by atoms with van der Waals surface area (Å²) in [7, 11) is 0. The Balaban J connectivity index is 2.41. The van der Waals surface area contributed by atoms with Crippen molar-refractivity contribution < 1.29 is 4.39 Å². The van der Waals surface area contributed by atoms with E-state index in [1.165, 1.54) is 6.07 Å². The van der Waals surface area contributed by atoms with Gasteiger partial charge >= 0.3 is 0 Å². The van der Waals surface area contributed by atoms with Gasteiger partial charge in [0.15, 0.2) is 0 Å². The van der Waals surface area contributed by atoms with Crippen molar-refractivity contribution in [1.29, 1.82) is 0 Å². The Hall–Kier alpha value is -2.13. The molecule has 0 saturated heterocycles. The third kappa shape index (κ3) is 2.53. The van der Waals surface area contributed by atoms with E-state index in [1.807, 2.05) is 13.0 Å². The Morgan fingerprint density at radius 3 is 2.64 bits per heavy atom. The topological polar surface area (TPSA) is 22.0 Å². The zero-order valence-corrected chi connectivity index (χ0v) is 12.9. The zero-order chi connectivity index (χ0) is 15.7. The number of benzene rings is 2. The molecule has 3 rings (SSSR count). The quantitative estimate of drug-likeness (QED) is 0.684. The van der Waals surface area contributed by atoms with Crippen molar-refractivity contribution in [2.45, 2.75) is 19.8 Å². The third-order valence-electron chi connectivity index (χ3n) is 3.64. The molecule has 0 aliphatic carbocycles. The van der Waals surface area contributed by atoms with Crippen molar-refractivity contribution >= 4 is 22.4 Å². The maximum Gasteiger partial charge on any atom is 0.266 e. The number of fused-ring (bicyclic) bond motifs is 1. The van der Waals surface area contributed by atoms with E-state index in [4.69, 9.17) is 11.6 Å². The molecular formula is C18H15ClFNO. The Kier molecular flexibility index (Phi) is 3.99. The largest absolute Gasteiger partial charge is 0.281 e. The molecule has 0 saturated carbocycles. The summed E-state index contributed by atoms with van der Waals surface area (Å²) >= 11 is 6.04. The lowest BCUT2D eigenvalue weighted by molar-refractivity contribution is 0.637. The number of pyridine rings is 1. The Morgan fingerprint density at radius 2 is 1.91 bits per heavy atom. The van der Waals surface area contributed by atoms with Crippen LogP contribution in [0.1, 0.15) is 19.0 Å². The van der Waals surface area contributed by atoms with E-state index < -0.39 is 5.82 Å². The highest BCUT2D eigenvalue weighted by Crippen LogP contribution is 2.21. The van der Waals surface area contributed by atoms with Crippen molar-refractivity contribution in [3.05, 3.63) is 75.4 Å². The fourth-order valence-corrected chi connectivity index (χ4v) is 2.90. The maximum atomic E-state index is 14.1. The summed E-state index contributed by atoms with van der Waals surface area (Å²) in [5.41, 5.74) is 1.17. The predicted octanol–water partition coefficient (Wildman–Crippen LogP) is 4.74. The summed E-state index contributed by atoms with van der Waals surface area (Å²) in [6, 6.07) is 13.6. The smallest absolute Gasteiger partial charge is 0.266 e. The normalized spacial score (nSPS) is 11.0. The van der Waals surface area contributed by atoms with E-state index in [1.54, 1.807) is 41.0 Å². The van der Waals surface area contributed by atoms with Crippen molar-refractivity contribution in [2.75, 3.05) is 0 Å². The van der Waals surface area contributed by atoms with Gasteiger partial charge in [0, 0.05) is 10.7 Å². The minimum atomic E-state index is -0.499. The van der Waals surface area contributed by atoms with E-state index in [2.05, 4.69) is 0 Å². The van der Waals surface area contributed by atoms with Crippen LogP contribution in [0.4, 0.5) is 4.39 Å². The van der Waals surface area contributed by atoms with Crippen LogP contribution in [0, 0.1) is 5.82 Å². The van der Waals surface area contributed by atoms with Gasteiger partial charge in [-0.2, -0.15) is 0 Å². The van der Waals surface area contributed by atoms with Crippen LogP contribution in [0.25, 0.3) is 16.5 Å². The summed E-state index contributed by atoms with van der Waals surface area (Å²) in [4.78, 5) is 12.8. The molecule has 0 bridgehead atoms. The van der Waals surface area contributed by atoms with Gasteiger partial charge in [0.1, 0.15) is 5.82 Å². The van der Waals surface area contributed by atoms with Crippen LogP contribution in [0.3, 0.4) is 0 Å². The molecular weight excluding hydrogens is 301 g/mol. The molecule has 1 heterocycles. The standard InChI is InChI=1S/C18H15ClFNO/c1-2-5-14-10-12-6-3-9-16(20)17(12)18(22)21(14)15-8-4-7-13(19)11-15/h3-4,6-11H,2,5H2,1H3. The second-order valence-electron chi connectivity index (χ2n) is 5.21. The lowest BCUT2D eigenvalue weighted by atomic mass is 10.1. The van der Waals surface area contributed by atoms with Gasteiger partial charge in [-0.05, 0) is 42.1 Å². The molecule has 2 aromatic carbocycles. The number of rotatable bonds is 3. The second kappa shape index (κ2) is 5.93. The van der Waals surface area contributed by atoms with Crippen molar-refractivity contribution in [3.8, 4) is 5.69 Å². The first-order chi connectivity index (χ1) is 10.6. The number of aromatic nitrogens is 1. The molecule has 0 radical (unpaired) electrons. The van der Waals surface area contributed by atoms with Crippen LogP contribution >= 0.6 is 11.6 Å². The molecule has 2 nitrogen and oxygen atoms in total. The molecule has 0 spiro atoms. The average molecular weight is 316 g/mol. The Morgan fingerprint density at radius 1 is 1.14 bits per heavy atom. The van der Waals surface area contributed by atoms with Crippen LogP contribution in [-0.2, 0) is 6.42 Å². The van der Waals surface area contributed by atoms with Gasteiger partial charge in [-0.25, -0.2) is 4.39 Å². The fraction of sp³-hybridized carbons (Fsp3) is 0.167. The van der Waals surface area contributed by atoms with E-state index in [0.29, 0.717) is 16.1 Å². The first-order valence-corrected chi connectivity index (χ1v) is 7.58. The minimum absolute atomic E-state index is 0.113.